The molecule has 1 unspecified atom stereocenters. The third-order valence-electron chi connectivity index (χ3n) is 5.72. The van der Waals surface area contributed by atoms with Gasteiger partial charge in [-0.05, 0) is 6.07 Å². The first-order valence-corrected chi connectivity index (χ1v) is 13.2. The van der Waals surface area contributed by atoms with Crippen LogP contribution in [0.2, 0.25) is 0 Å². The first-order valence-electron chi connectivity index (χ1n) is 10.5. The number of nitrogens with zero attached hydrogens (tertiary/aromatic N) is 5. The molecule has 0 aliphatic carbocycles. The zero-order valence-corrected chi connectivity index (χ0v) is 20.2. The van der Waals surface area contributed by atoms with Crippen LogP contribution in [-0.4, -0.2) is 107 Å². The maximum Gasteiger partial charge on any atom is 0.319 e. The van der Waals surface area contributed by atoms with E-state index in [4.69, 9.17) is 14.2 Å². The van der Waals surface area contributed by atoms with Crippen LogP contribution in [0.15, 0.2) is 17.6 Å². The van der Waals surface area contributed by atoms with Crippen molar-refractivity contribution in [1.29, 1.82) is 0 Å². The van der Waals surface area contributed by atoms with Gasteiger partial charge in [0, 0.05) is 68.0 Å². The van der Waals surface area contributed by atoms with E-state index in [0.29, 0.717) is 25.6 Å². The Morgan fingerprint density at radius 3 is 2.66 bits per heavy atom. The van der Waals surface area contributed by atoms with Crippen molar-refractivity contribution < 1.29 is 22.6 Å². The second-order valence-corrected chi connectivity index (χ2v) is 10.7. The Labute approximate surface area is 192 Å². The third kappa shape index (κ3) is 5.31. The predicted molar refractivity (Wildman–Crippen MR) is 123 cm³/mol. The van der Waals surface area contributed by atoms with E-state index in [-0.39, 0.29) is 12.1 Å². The standard InChI is InChI=1S/C20H29N5O5S2/c1-28-19-17(11-21-20(22-19)29-2)18-10-15(14-31-18)24-8-9-30-16(13-24)12-23-4-6-25(7-5-23)32(3,26)27/h10-11,14,16H,4-9,12-13H2,1-3H3. The Hall–Kier alpha value is -1.99. The minimum absolute atomic E-state index is 0.0794. The van der Waals surface area contributed by atoms with Gasteiger partial charge in [-0.25, -0.2) is 13.4 Å². The molecule has 176 valence electrons. The van der Waals surface area contributed by atoms with E-state index in [9.17, 15) is 8.42 Å². The lowest BCUT2D eigenvalue weighted by Crippen LogP contribution is -2.53. The highest BCUT2D eigenvalue weighted by molar-refractivity contribution is 7.88. The predicted octanol–water partition coefficient (Wildman–Crippen LogP) is 1.00. The Morgan fingerprint density at radius 1 is 1.19 bits per heavy atom. The van der Waals surface area contributed by atoms with E-state index >= 15 is 0 Å². The smallest absolute Gasteiger partial charge is 0.319 e. The summed E-state index contributed by atoms with van der Waals surface area (Å²) in [6, 6.07) is 2.40. The number of methoxy groups -OCH3 is 2. The number of hydrogen-bond donors (Lipinski definition) is 0. The number of hydrogen-bond acceptors (Lipinski definition) is 10. The number of sulfonamides is 1. The van der Waals surface area contributed by atoms with E-state index < -0.39 is 10.0 Å². The van der Waals surface area contributed by atoms with E-state index in [1.807, 2.05) is 0 Å². The van der Waals surface area contributed by atoms with Crippen LogP contribution in [0, 0.1) is 0 Å². The summed E-state index contributed by atoms with van der Waals surface area (Å²) < 4.78 is 41.5. The summed E-state index contributed by atoms with van der Waals surface area (Å²) in [6.45, 7) is 5.60. The van der Waals surface area contributed by atoms with Crippen LogP contribution in [0.1, 0.15) is 0 Å². The van der Waals surface area contributed by atoms with Crippen molar-refractivity contribution in [3.05, 3.63) is 17.6 Å². The van der Waals surface area contributed by atoms with Crippen molar-refractivity contribution in [2.45, 2.75) is 6.10 Å². The number of aromatic nitrogens is 2. The summed E-state index contributed by atoms with van der Waals surface area (Å²) in [7, 11) is -0.00201. The van der Waals surface area contributed by atoms with Crippen LogP contribution in [0.4, 0.5) is 5.69 Å². The normalized spacial score (nSPS) is 21.0. The quantitative estimate of drug-likeness (QED) is 0.571. The van der Waals surface area contributed by atoms with Gasteiger partial charge in [0.15, 0.2) is 0 Å². The van der Waals surface area contributed by atoms with Crippen molar-refractivity contribution in [3.8, 4) is 22.3 Å². The van der Waals surface area contributed by atoms with Crippen LogP contribution in [0.25, 0.3) is 10.4 Å². The van der Waals surface area contributed by atoms with Gasteiger partial charge in [-0.2, -0.15) is 9.29 Å². The summed E-state index contributed by atoms with van der Waals surface area (Å²) in [5, 5.41) is 2.13. The maximum absolute atomic E-state index is 11.7. The van der Waals surface area contributed by atoms with E-state index in [1.54, 1.807) is 28.9 Å². The number of ether oxygens (including phenoxy) is 3. The molecule has 12 heteroatoms. The van der Waals surface area contributed by atoms with Crippen molar-refractivity contribution in [3.63, 3.8) is 0 Å². The Balaban J connectivity index is 1.38. The molecule has 0 bridgehead atoms. The second kappa shape index (κ2) is 9.87. The fourth-order valence-electron chi connectivity index (χ4n) is 4.00. The number of piperazine rings is 1. The van der Waals surface area contributed by atoms with Crippen LogP contribution in [-0.2, 0) is 14.8 Å². The van der Waals surface area contributed by atoms with Crippen LogP contribution >= 0.6 is 11.3 Å². The van der Waals surface area contributed by atoms with Gasteiger partial charge in [-0.15, -0.1) is 11.3 Å². The molecule has 32 heavy (non-hydrogen) atoms. The average molecular weight is 484 g/mol. The average Bonchev–Trinajstić information content (AvgIpc) is 3.29. The molecule has 0 N–H and O–H groups in total. The molecule has 0 saturated carbocycles. The number of thiophene rings is 1. The van der Waals surface area contributed by atoms with Crippen LogP contribution in [0.3, 0.4) is 0 Å². The van der Waals surface area contributed by atoms with Gasteiger partial charge >= 0.3 is 6.01 Å². The van der Waals surface area contributed by atoms with Gasteiger partial charge in [0.2, 0.25) is 15.9 Å². The molecule has 10 nitrogen and oxygen atoms in total. The molecule has 4 rings (SSSR count). The summed E-state index contributed by atoms with van der Waals surface area (Å²) in [4.78, 5) is 14.1. The summed E-state index contributed by atoms with van der Waals surface area (Å²) in [5.74, 6) is 0.485. The van der Waals surface area contributed by atoms with Crippen molar-refractivity contribution >= 4 is 27.0 Å². The molecule has 2 fully saturated rings. The molecule has 4 heterocycles. The Morgan fingerprint density at radius 2 is 1.97 bits per heavy atom. The van der Waals surface area contributed by atoms with E-state index in [2.05, 4.69) is 31.2 Å². The lowest BCUT2D eigenvalue weighted by Gasteiger charge is -2.39. The van der Waals surface area contributed by atoms with E-state index in [1.165, 1.54) is 13.4 Å². The maximum atomic E-state index is 11.7. The third-order valence-corrected chi connectivity index (χ3v) is 7.98. The highest BCUT2D eigenvalue weighted by Crippen LogP contribution is 2.36. The minimum Gasteiger partial charge on any atom is -0.480 e. The number of anilines is 1. The van der Waals surface area contributed by atoms with Gasteiger partial charge in [0.05, 0.1) is 38.7 Å². The summed E-state index contributed by atoms with van der Waals surface area (Å²) in [6.07, 6.45) is 3.07. The highest BCUT2D eigenvalue weighted by Gasteiger charge is 2.28. The number of morpholine rings is 1. The molecule has 2 aromatic rings. The molecule has 2 aliphatic heterocycles. The summed E-state index contributed by atoms with van der Waals surface area (Å²) >= 11 is 1.62. The zero-order valence-electron chi connectivity index (χ0n) is 18.6. The minimum atomic E-state index is -3.11. The fraction of sp³-hybridized carbons (Fsp3) is 0.600. The van der Waals surface area contributed by atoms with Crippen molar-refractivity contribution in [2.24, 2.45) is 0 Å². The SMILES string of the molecule is COc1ncc(-c2cc(N3CCOC(CN4CCN(S(C)(=O)=O)CC4)C3)cs2)c(OC)n1. The Kier molecular flexibility index (Phi) is 7.15. The zero-order chi connectivity index (χ0) is 22.7. The number of rotatable bonds is 7. The Bertz CT molecular complexity index is 1020. The van der Waals surface area contributed by atoms with Crippen molar-refractivity contribution in [2.75, 3.05) is 77.8 Å². The highest BCUT2D eigenvalue weighted by atomic mass is 32.2. The first-order chi connectivity index (χ1) is 15.4. The topological polar surface area (TPSA) is 97.3 Å². The molecular weight excluding hydrogens is 454 g/mol. The molecular formula is C20H29N5O5S2. The molecule has 2 aromatic heterocycles. The molecule has 2 aliphatic rings. The van der Waals surface area contributed by atoms with Gasteiger partial charge in [0.25, 0.3) is 0 Å². The molecule has 0 spiro atoms. The van der Waals surface area contributed by atoms with Gasteiger partial charge in [-0.3, -0.25) is 4.90 Å². The van der Waals surface area contributed by atoms with Crippen LogP contribution in [0.5, 0.6) is 11.9 Å². The fourth-order valence-corrected chi connectivity index (χ4v) is 5.75. The molecule has 0 aromatic carbocycles. The molecule has 0 radical (unpaired) electrons. The molecule has 2 saturated heterocycles. The lowest BCUT2D eigenvalue weighted by molar-refractivity contribution is 0.00994. The van der Waals surface area contributed by atoms with Crippen molar-refractivity contribution in [1.82, 2.24) is 19.2 Å². The van der Waals surface area contributed by atoms with Crippen LogP contribution < -0.4 is 14.4 Å². The largest absolute Gasteiger partial charge is 0.480 e. The van der Waals surface area contributed by atoms with E-state index in [0.717, 1.165) is 48.9 Å². The summed E-state index contributed by atoms with van der Waals surface area (Å²) in [5.41, 5.74) is 1.97. The second-order valence-electron chi connectivity index (χ2n) is 7.85. The first kappa shape index (κ1) is 23.2. The van der Waals surface area contributed by atoms with Gasteiger partial charge in [-0.1, -0.05) is 0 Å². The monoisotopic (exact) mass is 483 g/mol. The van der Waals surface area contributed by atoms with Gasteiger partial charge < -0.3 is 19.1 Å². The molecule has 1 atom stereocenters. The lowest BCUT2D eigenvalue weighted by atomic mass is 10.2. The van der Waals surface area contributed by atoms with Gasteiger partial charge in [0.1, 0.15) is 0 Å². The molecule has 0 amide bonds.